The van der Waals surface area contributed by atoms with Gasteiger partial charge >= 0.3 is 0 Å². The smallest absolute Gasteiger partial charge is 0.106 e. The van der Waals surface area contributed by atoms with E-state index < -0.39 is 0 Å². The zero-order valence-electron chi connectivity index (χ0n) is 9.46. The third kappa shape index (κ3) is 1.58. The zero-order chi connectivity index (χ0) is 12.2. The number of aromatic nitrogens is 2. The second kappa shape index (κ2) is 3.62. The highest BCUT2D eigenvalue weighted by Crippen LogP contribution is 2.48. The molecule has 0 unspecified atom stereocenters. The van der Waals surface area contributed by atoms with Gasteiger partial charge in [0.15, 0.2) is 0 Å². The molecule has 2 nitrogen and oxygen atoms in total. The predicted octanol–water partition coefficient (Wildman–Crippen LogP) is 4.31. The lowest BCUT2D eigenvalue weighted by Gasteiger charge is -2.21. The molecule has 4 heteroatoms. The summed E-state index contributed by atoms with van der Waals surface area (Å²) in [6.45, 7) is 4.47. The van der Waals surface area contributed by atoms with Gasteiger partial charge in [-0.1, -0.05) is 13.8 Å². The first-order valence-electron chi connectivity index (χ1n) is 5.32. The molecule has 2 aromatic rings. The van der Waals surface area contributed by atoms with Crippen molar-refractivity contribution in [2.24, 2.45) is 0 Å². The molecule has 0 atom stereocenters. The van der Waals surface area contributed by atoms with Crippen molar-refractivity contribution in [3.05, 3.63) is 44.9 Å². The van der Waals surface area contributed by atoms with Gasteiger partial charge in [-0.2, -0.15) is 0 Å². The van der Waals surface area contributed by atoms with Crippen LogP contribution in [0.4, 0.5) is 0 Å². The molecule has 1 aliphatic rings. The van der Waals surface area contributed by atoms with Crippen LogP contribution in [0.2, 0.25) is 0 Å². The molecule has 0 saturated heterocycles. The van der Waals surface area contributed by atoms with E-state index in [9.17, 15) is 0 Å². The van der Waals surface area contributed by atoms with E-state index >= 15 is 0 Å². The molecule has 0 amide bonds. The third-order valence-electron chi connectivity index (χ3n) is 3.38. The van der Waals surface area contributed by atoms with Gasteiger partial charge in [0.05, 0.1) is 0 Å². The Kier molecular flexibility index (Phi) is 2.42. The quantitative estimate of drug-likeness (QED) is 0.659. The Morgan fingerprint density at radius 2 is 1.29 bits per heavy atom. The average molecular weight is 354 g/mol. The number of fused-ring (bicyclic) bond motifs is 3. The fourth-order valence-corrected chi connectivity index (χ4v) is 3.13. The van der Waals surface area contributed by atoms with Crippen LogP contribution in [-0.4, -0.2) is 9.97 Å². The molecule has 2 aromatic heterocycles. The van der Waals surface area contributed by atoms with Gasteiger partial charge in [0.2, 0.25) is 0 Å². The third-order valence-corrected chi connectivity index (χ3v) is 4.25. The largest absolute Gasteiger partial charge is 0.249 e. The Labute approximate surface area is 117 Å². The first-order valence-corrected chi connectivity index (χ1v) is 6.91. The van der Waals surface area contributed by atoms with Gasteiger partial charge in [0.25, 0.3) is 0 Å². The van der Waals surface area contributed by atoms with E-state index in [0.717, 1.165) is 9.21 Å². The minimum atomic E-state index is 0.00157. The first kappa shape index (κ1) is 11.4. The second-order valence-electron chi connectivity index (χ2n) is 4.73. The van der Waals surface area contributed by atoms with Gasteiger partial charge in [0.1, 0.15) is 9.21 Å². The molecule has 17 heavy (non-hydrogen) atoms. The van der Waals surface area contributed by atoms with Crippen LogP contribution in [-0.2, 0) is 5.41 Å². The molecule has 86 valence electrons. The van der Waals surface area contributed by atoms with Gasteiger partial charge in [-0.05, 0) is 55.1 Å². The number of pyridine rings is 2. The highest BCUT2D eigenvalue weighted by atomic mass is 79.9. The molecule has 0 N–H and O–H groups in total. The van der Waals surface area contributed by atoms with E-state index in [-0.39, 0.29) is 5.41 Å². The van der Waals surface area contributed by atoms with Crippen LogP contribution >= 0.6 is 31.9 Å². The maximum Gasteiger partial charge on any atom is 0.106 e. The Balaban J connectivity index is 2.37. The first-order chi connectivity index (χ1) is 8.00. The van der Waals surface area contributed by atoms with E-state index in [0.29, 0.717) is 0 Å². The molecule has 0 fully saturated rings. The number of hydrogen-bond acceptors (Lipinski definition) is 2. The zero-order valence-corrected chi connectivity index (χ0v) is 12.6. The molecule has 3 rings (SSSR count). The van der Waals surface area contributed by atoms with Gasteiger partial charge in [-0.25, -0.2) is 9.97 Å². The van der Waals surface area contributed by atoms with Crippen molar-refractivity contribution in [1.82, 2.24) is 9.97 Å². The Bertz CT molecular complexity index is 567. The number of nitrogens with zero attached hydrogens (tertiary/aromatic N) is 2. The van der Waals surface area contributed by atoms with E-state index in [4.69, 9.17) is 0 Å². The minimum Gasteiger partial charge on any atom is -0.249 e. The molecule has 0 spiro atoms. The molecule has 0 aliphatic heterocycles. The van der Waals surface area contributed by atoms with E-state index in [1.807, 2.05) is 12.4 Å². The predicted molar refractivity (Wildman–Crippen MR) is 75.0 cm³/mol. The van der Waals surface area contributed by atoms with Gasteiger partial charge in [-0.15, -0.1) is 0 Å². The van der Waals surface area contributed by atoms with Crippen LogP contribution < -0.4 is 0 Å². The van der Waals surface area contributed by atoms with Crippen LogP contribution in [0.25, 0.3) is 11.1 Å². The number of halogens is 2. The van der Waals surface area contributed by atoms with Crippen molar-refractivity contribution in [2.75, 3.05) is 0 Å². The summed E-state index contributed by atoms with van der Waals surface area (Å²) in [5.41, 5.74) is 4.98. The molecule has 0 saturated carbocycles. The molecule has 0 bridgehead atoms. The topological polar surface area (TPSA) is 25.8 Å². The van der Waals surface area contributed by atoms with Crippen LogP contribution in [0.5, 0.6) is 0 Å². The lowest BCUT2D eigenvalue weighted by Crippen LogP contribution is -2.15. The molecule has 0 radical (unpaired) electrons. The van der Waals surface area contributed by atoms with Crippen molar-refractivity contribution in [1.29, 1.82) is 0 Å². The summed E-state index contributed by atoms with van der Waals surface area (Å²) in [7, 11) is 0. The van der Waals surface area contributed by atoms with Gasteiger partial charge in [0, 0.05) is 28.9 Å². The van der Waals surface area contributed by atoms with Crippen molar-refractivity contribution >= 4 is 31.9 Å². The Hall–Kier alpha value is -0.740. The SMILES string of the molecule is CC1(C)c2cc(Br)ncc2-c2cnc(Br)cc21. The summed E-state index contributed by atoms with van der Waals surface area (Å²) in [6, 6.07) is 4.20. The fourth-order valence-electron chi connectivity index (χ4n) is 2.47. The second-order valence-corrected chi connectivity index (χ2v) is 6.36. The van der Waals surface area contributed by atoms with Crippen molar-refractivity contribution < 1.29 is 0 Å². The summed E-state index contributed by atoms with van der Waals surface area (Å²) in [5, 5.41) is 0. The molecule has 2 heterocycles. The van der Waals surface area contributed by atoms with E-state index in [1.165, 1.54) is 22.3 Å². The summed E-state index contributed by atoms with van der Waals surface area (Å²) in [5.74, 6) is 0. The minimum absolute atomic E-state index is 0.00157. The lowest BCUT2D eigenvalue weighted by molar-refractivity contribution is 0.657. The van der Waals surface area contributed by atoms with Crippen LogP contribution in [0.15, 0.2) is 33.7 Å². The fraction of sp³-hybridized carbons (Fsp3) is 0.231. The number of rotatable bonds is 0. The Morgan fingerprint density at radius 3 is 1.71 bits per heavy atom. The van der Waals surface area contributed by atoms with Gasteiger partial charge < -0.3 is 0 Å². The van der Waals surface area contributed by atoms with Crippen molar-refractivity contribution in [3.63, 3.8) is 0 Å². The molecule has 1 aliphatic carbocycles. The van der Waals surface area contributed by atoms with Crippen LogP contribution in [0, 0.1) is 0 Å². The van der Waals surface area contributed by atoms with Gasteiger partial charge in [-0.3, -0.25) is 0 Å². The summed E-state index contributed by atoms with van der Waals surface area (Å²) in [6.07, 6.45) is 3.84. The van der Waals surface area contributed by atoms with Crippen molar-refractivity contribution in [2.45, 2.75) is 19.3 Å². The molecule has 0 aromatic carbocycles. The average Bonchev–Trinajstić information content (AvgIpc) is 2.49. The lowest BCUT2D eigenvalue weighted by atomic mass is 9.83. The molecular weight excluding hydrogens is 344 g/mol. The summed E-state index contributed by atoms with van der Waals surface area (Å²) >= 11 is 6.88. The summed E-state index contributed by atoms with van der Waals surface area (Å²) < 4.78 is 1.76. The molecular formula is C13H10Br2N2. The van der Waals surface area contributed by atoms with E-state index in [2.05, 4.69) is 67.8 Å². The highest BCUT2D eigenvalue weighted by Gasteiger charge is 2.36. The van der Waals surface area contributed by atoms with Crippen molar-refractivity contribution in [3.8, 4) is 11.1 Å². The maximum atomic E-state index is 4.31. The normalized spacial score (nSPS) is 15.5. The number of hydrogen-bond donors (Lipinski definition) is 0. The maximum absolute atomic E-state index is 4.31. The van der Waals surface area contributed by atoms with Crippen LogP contribution in [0.3, 0.4) is 0 Å². The summed E-state index contributed by atoms with van der Waals surface area (Å²) in [4.78, 5) is 8.63. The van der Waals surface area contributed by atoms with E-state index in [1.54, 1.807) is 0 Å². The monoisotopic (exact) mass is 352 g/mol. The standard InChI is InChI=1S/C13H10Br2N2/c1-13(2)9-3-11(14)16-5-7(9)8-6-17-12(15)4-10(8)13/h3-6H,1-2H3. The highest BCUT2D eigenvalue weighted by molar-refractivity contribution is 9.10. The van der Waals surface area contributed by atoms with Crippen LogP contribution in [0.1, 0.15) is 25.0 Å². The Morgan fingerprint density at radius 1 is 0.882 bits per heavy atom.